The largest absolute Gasteiger partial charge is 0.361 e. The Bertz CT molecular complexity index is 245. The maximum Gasteiger partial charge on any atom is 0.311 e. The molecule has 86 valence electrons. The van der Waals surface area contributed by atoms with Crippen molar-refractivity contribution in [3.8, 4) is 0 Å². The van der Waals surface area contributed by atoms with Crippen LogP contribution in [0.15, 0.2) is 0 Å². The van der Waals surface area contributed by atoms with Crippen LogP contribution < -0.4 is 5.73 Å². The van der Waals surface area contributed by atoms with Crippen LogP contribution in [0.4, 0.5) is 0 Å². The van der Waals surface area contributed by atoms with Gasteiger partial charge in [0, 0.05) is 19.6 Å². The van der Waals surface area contributed by atoms with Crippen LogP contribution in [-0.2, 0) is 9.59 Å². The fraction of sp³-hybridized carbons (Fsp3) is 0.800. The summed E-state index contributed by atoms with van der Waals surface area (Å²) in [7, 11) is 4.09. The summed E-state index contributed by atoms with van der Waals surface area (Å²) < 4.78 is 0. The third-order valence-corrected chi connectivity index (χ3v) is 2.74. The highest BCUT2D eigenvalue weighted by atomic mass is 16.2. The number of likely N-dealkylation sites (tertiary alicyclic amines) is 1. The van der Waals surface area contributed by atoms with E-state index < -0.39 is 11.8 Å². The first-order chi connectivity index (χ1) is 7.00. The van der Waals surface area contributed by atoms with Gasteiger partial charge in [-0.1, -0.05) is 0 Å². The molecule has 0 saturated carbocycles. The number of carbonyl (C=O) groups excluding carboxylic acids is 2. The van der Waals surface area contributed by atoms with Crippen LogP contribution in [0.25, 0.3) is 0 Å². The first-order valence-corrected chi connectivity index (χ1v) is 5.24. The lowest BCUT2D eigenvalue weighted by molar-refractivity contribution is -0.145. The number of nitrogens with zero attached hydrogens (tertiary/aromatic N) is 2. The fourth-order valence-corrected chi connectivity index (χ4v) is 1.99. The van der Waals surface area contributed by atoms with Gasteiger partial charge in [-0.2, -0.15) is 0 Å². The monoisotopic (exact) mass is 213 g/mol. The normalized spacial score (nSPS) is 18.2. The minimum absolute atomic E-state index is 0.543. The SMILES string of the molecule is CN(C)CC1CCN(C(=O)C(N)=O)CC1. The predicted molar refractivity (Wildman–Crippen MR) is 57.1 cm³/mol. The number of amides is 2. The van der Waals surface area contributed by atoms with Gasteiger partial charge in [-0.15, -0.1) is 0 Å². The summed E-state index contributed by atoms with van der Waals surface area (Å²) >= 11 is 0. The highest BCUT2D eigenvalue weighted by molar-refractivity contribution is 6.34. The molecule has 0 aromatic heterocycles. The molecule has 1 aliphatic rings. The third-order valence-electron chi connectivity index (χ3n) is 2.74. The topological polar surface area (TPSA) is 66.6 Å². The van der Waals surface area contributed by atoms with Gasteiger partial charge in [0.05, 0.1) is 0 Å². The number of hydrogen-bond donors (Lipinski definition) is 1. The zero-order valence-electron chi connectivity index (χ0n) is 9.40. The van der Waals surface area contributed by atoms with Gasteiger partial charge in [0.1, 0.15) is 0 Å². The molecule has 1 saturated heterocycles. The van der Waals surface area contributed by atoms with E-state index >= 15 is 0 Å². The van der Waals surface area contributed by atoms with Crippen LogP contribution in [0, 0.1) is 5.92 Å². The molecule has 5 heteroatoms. The van der Waals surface area contributed by atoms with Gasteiger partial charge in [0.15, 0.2) is 0 Å². The van der Waals surface area contributed by atoms with E-state index in [2.05, 4.69) is 4.90 Å². The lowest BCUT2D eigenvalue weighted by Crippen LogP contribution is -2.45. The van der Waals surface area contributed by atoms with Gasteiger partial charge in [-0.05, 0) is 32.9 Å². The fourth-order valence-electron chi connectivity index (χ4n) is 1.99. The van der Waals surface area contributed by atoms with E-state index in [0.717, 1.165) is 19.4 Å². The van der Waals surface area contributed by atoms with Gasteiger partial charge in [-0.25, -0.2) is 0 Å². The van der Waals surface area contributed by atoms with Crippen molar-refractivity contribution in [3.05, 3.63) is 0 Å². The van der Waals surface area contributed by atoms with Crippen LogP contribution in [0.1, 0.15) is 12.8 Å². The molecule has 1 aliphatic heterocycles. The molecule has 1 fully saturated rings. The average Bonchev–Trinajstić information content (AvgIpc) is 2.17. The average molecular weight is 213 g/mol. The standard InChI is InChI=1S/C10H19N3O2/c1-12(2)7-8-3-5-13(6-4-8)10(15)9(11)14/h8H,3-7H2,1-2H3,(H2,11,14). The van der Waals surface area contributed by atoms with E-state index in [9.17, 15) is 9.59 Å². The van der Waals surface area contributed by atoms with Crippen LogP contribution in [-0.4, -0.2) is 55.3 Å². The first kappa shape index (κ1) is 12.0. The Morgan fingerprint density at radius 1 is 1.33 bits per heavy atom. The zero-order valence-corrected chi connectivity index (χ0v) is 9.40. The number of carbonyl (C=O) groups is 2. The number of hydrogen-bond acceptors (Lipinski definition) is 3. The van der Waals surface area contributed by atoms with Gasteiger partial charge in [0.25, 0.3) is 0 Å². The highest BCUT2D eigenvalue weighted by Crippen LogP contribution is 2.17. The summed E-state index contributed by atoms with van der Waals surface area (Å²) in [5, 5.41) is 0. The Morgan fingerprint density at radius 3 is 2.27 bits per heavy atom. The van der Waals surface area contributed by atoms with Gasteiger partial charge in [-0.3, -0.25) is 9.59 Å². The first-order valence-electron chi connectivity index (χ1n) is 5.24. The smallest absolute Gasteiger partial charge is 0.311 e. The lowest BCUT2D eigenvalue weighted by Gasteiger charge is -2.32. The summed E-state index contributed by atoms with van der Waals surface area (Å²) in [6.07, 6.45) is 1.91. The van der Waals surface area contributed by atoms with Crippen LogP contribution in [0.5, 0.6) is 0 Å². The molecule has 0 unspecified atom stereocenters. The molecule has 1 rings (SSSR count). The molecule has 1 heterocycles. The van der Waals surface area contributed by atoms with E-state index in [1.54, 1.807) is 4.90 Å². The van der Waals surface area contributed by atoms with Crippen molar-refractivity contribution >= 4 is 11.8 Å². The van der Waals surface area contributed by atoms with E-state index in [1.165, 1.54) is 0 Å². The molecule has 5 nitrogen and oxygen atoms in total. The number of rotatable bonds is 2. The third kappa shape index (κ3) is 3.51. The van der Waals surface area contributed by atoms with Crippen LogP contribution in [0.3, 0.4) is 0 Å². The van der Waals surface area contributed by atoms with Crippen molar-refractivity contribution in [2.75, 3.05) is 33.7 Å². The Morgan fingerprint density at radius 2 is 1.87 bits per heavy atom. The number of primary amides is 1. The molecule has 2 amide bonds. The maximum absolute atomic E-state index is 11.3. The molecule has 0 bridgehead atoms. The van der Waals surface area contributed by atoms with Crippen molar-refractivity contribution in [1.82, 2.24) is 9.80 Å². The zero-order chi connectivity index (χ0) is 11.4. The lowest BCUT2D eigenvalue weighted by atomic mass is 9.96. The molecule has 0 aromatic rings. The highest BCUT2D eigenvalue weighted by Gasteiger charge is 2.25. The molecule has 0 aliphatic carbocycles. The molecular formula is C10H19N3O2. The molecule has 2 N–H and O–H groups in total. The van der Waals surface area contributed by atoms with Crippen molar-refractivity contribution < 1.29 is 9.59 Å². The maximum atomic E-state index is 11.3. The van der Waals surface area contributed by atoms with E-state index in [1.807, 2.05) is 14.1 Å². The van der Waals surface area contributed by atoms with Crippen molar-refractivity contribution in [2.24, 2.45) is 11.7 Å². The Labute approximate surface area is 90.2 Å². The predicted octanol–water partition coefficient (Wildman–Crippen LogP) is -0.728. The van der Waals surface area contributed by atoms with Crippen molar-refractivity contribution in [1.29, 1.82) is 0 Å². The quantitative estimate of drug-likeness (QED) is 0.615. The van der Waals surface area contributed by atoms with Gasteiger partial charge in [0.2, 0.25) is 0 Å². The van der Waals surface area contributed by atoms with Crippen molar-refractivity contribution in [3.63, 3.8) is 0 Å². The van der Waals surface area contributed by atoms with Gasteiger partial charge >= 0.3 is 11.8 Å². The van der Waals surface area contributed by atoms with E-state index in [4.69, 9.17) is 5.73 Å². The Kier molecular flexibility index (Phi) is 4.08. The number of nitrogens with two attached hydrogens (primary N) is 1. The van der Waals surface area contributed by atoms with E-state index in [0.29, 0.717) is 19.0 Å². The molecule has 0 aromatic carbocycles. The minimum atomic E-state index is -0.846. The summed E-state index contributed by atoms with van der Waals surface area (Å²) in [5.41, 5.74) is 4.94. The van der Waals surface area contributed by atoms with E-state index in [-0.39, 0.29) is 0 Å². The summed E-state index contributed by atoms with van der Waals surface area (Å²) in [4.78, 5) is 25.6. The second-order valence-electron chi connectivity index (χ2n) is 4.36. The molecule has 0 atom stereocenters. The molecule has 0 radical (unpaired) electrons. The molecule has 15 heavy (non-hydrogen) atoms. The second kappa shape index (κ2) is 5.11. The molecular weight excluding hydrogens is 194 g/mol. The Balaban J connectivity index is 2.36. The van der Waals surface area contributed by atoms with Gasteiger partial charge < -0.3 is 15.5 Å². The van der Waals surface area contributed by atoms with Crippen molar-refractivity contribution in [2.45, 2.75) is 12.8 Å². The minimum Gasteiger partial charge on any atom is -0.361 e. The number of piperidine rings is 1. The summed E-state index contributed by atoms with van der Waals surface area (Å²) in [5.74, 6) is -0.767. The Hall–Kier alpha value is -1.10. The molecule has 0 spiro atoms. The van der Waals surface area contributed by atoms with Crippen LogP contribution in [0.2, 0.25) is 0 Å². The summed E-state index contributed by atoms with van der Waals surface area (Å²) in [6, 6.07) is 0. The second-order valence-corrected chi connectivity index (χ2v) is 4.36. The summed E-state index contributed by atoms with van der Waals surface area (Å²) in [6.45, 7) is 2.35. The van der Waals surface area contributed by atoms with Crippen LogP contribution >= 0.6 is 0 Å².